The molecule has 2 N–H and O–H groups in total. The van der Waals surface area contributed by atoms with E-state index < -0.39 is 39.0 Å². The van der Waals surface area contributed by atoms with E-state index in [1.807, 2.05) is 0 Å². The SMILES string of the molecule is O=C(NO)C1(S(=O)(=O)N2CCN(c3ccc(OC(F)(F)C(F)F)cc3)CC2)CCOCC1. The summed E-state index contributed by atoms with van der Waals surface area (Å²) in [6.07, 6.45) is -8.76. The van der Waals surface area contributed by atoms with Crippen LogP contribution in [0, 0.1) is 0 Å². The van der Waals surface area contributed by atoms with Crippen molar-refractivity contribution < 1.29 is 45.5 Å². The smallest absolute Gasteiger partial charge is 0.428 e. The molecule has 14 heteroatoms. The third-order valence-electron chi connectivity index (χ3n) is 5.60. The van der Waals surface area contributed by atoms with Gasteiger partial charge < -0.3 is 14.4 Å². The second-order valence-corrected chi connectivity index (χ2v) is 9.65. The quantitative estimate of drug-likeness (QED) is 0.342. The van der Waals surface area contributed by atoms with Gasteiger partial charge in [0.15, 0.2) is 4.75 Å². The fraction of sp³-hybridized carbons (Fsp3) is 0.611. The third kappa shape index (κ3) is 4.63. The Morgan fingerprint density at radius 3 is 2.19 bits per heavy atom. The standard InChI is InChI=1S/C18H23F4N3O6S/c19-15(20)18(21,22)31-14-3-1-13(2-4-14)24-7-9-25(10-8-24)32(28,29)17(16(26)23-27)5-11-30-12-6-17/h1-4,15,27H,5-12H2,(H,23,26). The Kier molecular flexibility index (Phi) is 7.17. The van der Waals surface area contributed by atoms with E-state index in [1.54, 1.807) is 4.90 Å². The van der Waals surface area contributed by atoms with Crippen molar-refractivity contribution in [2.45, 2.75) is 30.1 Å². The highest BCUT2D eigenvalue weighted by Crippen LogP contribution is 2.34. The average Bonchev–Trinajstić information content (AvgIpc) is 2.79. The molecule has 0 saturated carbocycles. The van der Waals surface area contributed by atoms with E-state index in [4.69, 9.17) is 9.94 Å². The number of benzene rings is 1. The molecule has 0 bridgehead atoms. The van der Waals surface area contributed by atoms with Crippen molar-refractivity contribution in [2.75, 3.05) is 44.3 Å². The molecule has 180 valence electrons. The Labute approximate surface area is 181 Å². The molecule has 2 aliphatic rings. The Morgan fingerprint density at radius 1 is 1.12 bits per heavy atom. The van der Waals surface area contributed by atoms with Crippen LogP contribution < -0.4 is 15.1 Å². The normalized spacial score (nSPS) is 20.2. The van der Waals surface area contributed by atoms with E-state index in [0.29, 0.717) is 5.69 Å². The topological polar surface area (TPSA) is 108 Å². The number of halogens is 4. The van der Waals surface area contributed by atoms with Crippen molar-refractivity contribution in [2.24, 2.45) is 0 Å². The largest absolute Gasteiger partial charge is 0.461 e. The number of nitrogens with one attached hydrogen (secondary N) is 1. The predicted octanol–water partition coefficient (Wildman–Crippen LogP) is 1.43. The van der Waals surface area contributed by atoms with Gasteiger partial charge in [-0.1, -0.05) is 0 Å². The summed E-state index contributed by atoms with van der Waals surface area (Å²) in [5.41, 5.74) is 2.02. The van der Waals surface area contributed by atoms with E-state index in [-0.39, 0.29) is 52.2 Å². The first-order valence-corrected chi connectivity index (χ1v) is 11.2. The number of anilines is 1. The summed E-state index contributed by atoms with van der Waals surface area (Å²) in [6.45, 7) is 0.688. The molecule has 2 fully saturated rings. The van der Waals surface area contributed by atoms with Gasteiger partial charge in [0.25, 0.3) is 5.91 Å². The van der Waals surface area contributed by atoms with Gasteiger partial charge in [-0.05, 0) is 24.3 Å². The summed E-state index contributed by atoms with van der Waals surface area (Å²) < 4.78 is 85.6. The van der Waals surface area contributed by atoms with Gasteiger partial charge in [0.1, 0.15) is 5.75 Å². The summed E-state index contributed by atoms with van der Waals surface area (Å²) in [4.78, 5) is 14.1. The van der Waals surface area contributed by atoms with Gasteiger partial charge >= 0.3 is 12.5 Å². The second-order valence-electron chi connectivity index (χ2n) is 7.40. The number of amides is 1. The van der Waals surface area contributed by atoms with Gasteiger partial charge in [-0.2, -0.15) is 21.9 Å². The lowest BCUT2D eigenvalue weighted by Gasteiger charge is -2.42. The summed E-state index contributed by atoms with van der Waals surface area (Å²) in [5.74, 6) is -1.43. The van der Waals surface area contributed by atoms with Crippen LogP contribution in [0.25, 0.3) is 0 Å². The van der Waals surface area contributed by atoms with Gasteiger partial charge in [-0.3, -0.25) is 10.0 Å². The number of rotatable bonds is 7. The summed E-state index contributed by atoms with van der Waals surface area (Å²) in [6, 6.07) is 5.05. The molecule has 2 aliphatic heterocycles. The molecule has 1 aromatic carbocycles. The van der Waals surface area contributed by atoms with Crippen LogP contribution in [-0.2, 0) is 19.6 Å². The summed E-state index contributed by atoms with van der Waals surface area (Å²) in [5, 5.41) is 9.10. The molecule has 0 radical (unpaired) electrons. The molecule has 1 aromatic rings. The first-order valence-electron chi connectivity index (χ1n) is 9.75. The number of nitrogens with zero attached hydrogens (tertiary/aromatic N) is 2. The van der Waals surface area contributed by atoms with Crippen molar-refractivity contribution in [3.8, 4) is 5.75 Å². The van der Waals surface area contributed by atoms with Gasteiger partial charge in [0.2, 0.25) is 10.0 Å². The first-order chi connectivity index (χ1) is 15.0. The van der Waals surface area contributed by atoms with Crippen molar-refractivity contribution in [1.29, 1.82) is 0 Å². The molecule has 0 unspecified atom stereocenters. The van der Waals surface area contributed by atoms with Crippen LogP contribution in [0.1, 0.15) is 12.8 Å². The van der Waals surface area contributed by atoms with Crippen molar-refractivity contribution >= 4 is 21.6 Å². The maximum atomic E-state index is 13.3. The van der Waals surface area contributed by atoms with Crippen LogP contribution in [-0.4, -0.2) is 80.5 Å². The van der Waals surface area contributed by atoms with Crippen molar-refractivity contribution in [3.05, 3.63) is 24.3 Å². The van der Waals surface area contributed by atoms with E-state index in [1.165, 1.54) is 21.9 Å². The van der Waals surface area contributed by atoms with Gasteiger partial charge in [0, 0.05) is 57.9 Å². The van der Waals surface area contributed by atoms with Gasteiger partial charge in [-0.15, -0.1) is 0 Å². The molecular weight excluding hydrogens is 462 g/mol. The molecule has 0 aliphatic carbocycles. The number of hydroxylamine groups is 1. The lowest BCUT2D eigenvalue weighted by molar-refractivity contribution is -0.253. The highest BCUT2D eigenvalue weighted by atomic mass is 32.2. The van der Waals surface area contributed by atoms with E-state index >= 15 is 0 Å². The number of ether oxygens (including phenoxy) is 2. The molecule has 2 heterocycles. The van der Waals surface area contributed by atoms with Crippen molar-refractivity contribution in [1.82, 2.24) is 9.79 Å². The number of carbonyl (C=O) groups excluding carboxylic acids is 1. The average molecular weight is 485 g/mol. The first kappa shape index (κ1) is 24.5. The third-order valence-corrected chi connectivity index (χ3v) is 8.22. The Bertz CT molecular complexity index is 902. The van der Waals surface area contributed by atoms with E-state index in [9.17, 15) is 30.8 Å². The number of hydrogen-bond acceptors (Lipinski definition) is 7. The lowest BCUT2D eigenvalue weighted by Crippen LogP contribution is -2.62. The van der Waals surface area contributed by atoms with Crippen LogP contribution in [0.2, 0.25) is 0 Å². The zero-order valence-electron chi connectivity index (χ0n) is 16.8. The number of piperazine rings is 1. The Morgan fingerprint density at radius 2 is 1.69 bits per heavy atom. The molecule has 0 atom stereocenters. The van der Waals surface area contributed by atoms with Crippen LogP contribution in [0.15, 0.2) is 24.3 Å². The highest BCUT2D eigenvalue weighted by molar-refractivity contribution is 7.91. The molecule has 3 rings (SSSR count). The minimum atomic E-state index is -4.61. The number of carbonyl (C=O) groups is 1. The Balaban J connectivity index is 1.67. The zero-order valence-corrected chi connectivity index (χ0v) is 17.7. The predicted molar refractivity (Wildman–Crippen MR) is 103 cm³/mol. The van der Waals surface area contributed by atoms with Crippen LogP contribution >= 0.6 is 0 Å². The molecular formula is C18H23F4N3O6S. The number of sulfonamides is 1. The second kappa shape index (κ2) is 9.37. The summed E-state index contributed by atoms with van der Waals surface area (Å²) >= 11 is 0. The van der Waals surface area contributed by atoms with Gasteiger partial charge in [-0.25, -0.2) is 13.9 Å². The summed E-state index contributed by atoms with van der Waals surface area (Å²) in [7, 11) is -4.12. The van der Waals surface area contributed by atoms with E-state index in [2.05, 4.69) is 4.74 Å². The van der Waals surface area contributed by atoms with Gasteiger partial charge in [0.05, 0.1) is 0 Å². The molecule has 1 amide bonds. The molecule has 0 spiro atoms. The van der Waals surface area contributed by atoms with E-state index in [0.717, 1.165) is 12.1 Å². The van der Waals surface area contributed by atoms with Crippen molar-refractivity contribution in [3.63, 3.8) is 0 Å². The minimum Gasteiger partial charge on any atom is -0.428 e. The molecule has 2 saturated heterocycles. The highest BCUT2D eigenvalue weighted by Gasteiger charge is 2.54. The maximum Gasteiger partial charge on any atom is 0.461 e. The number of alkyl halides is 4. The monoisotopic (exact) mass is 485 g/mol. The van der Waals surface area contributed by atoms with Crippen LogP contribution in [0.5, 0.6) is 5.75 Å². The number of hydrogen-bond donors (Lipinski definition) is 2. The lowest BCUT2D eigenvalue weighted by atomic mass is 9.98. The Hall–Kier alpha value is -2.16. The molecule has 32 heavy (non-hydrogen) atoms. The maximum absolute atomic E-state index is 13.3. The van der Waals surface area contributed by atoms with Crippen LogP contribution in [0.4, 0.5) is 23.2 Å². The zero-order chi connectivity index (χ0) is 23.6. The van der Waals surface area contributed by atoms with Crippen LogP contribution in [0.3, 0.4) is 0 Å². The minimum absolute atomic E-state index is 0.0470. The fourth-order valence-electron chi connectivity index (χ4n) is 3.77. The fourth-order valence-corrected chi connectivity index (χ4v) is 5.87. The molecule has 9 nitrogen and oxygen atoms in total. The molecule has 0 aromatic heterocycles.